The summed E-state index contributed by atoms with van der Waals surface area (Å²) in [5.74, 6) is 0.474. The van der Waals surface area contributed by atoms with Crippen molar-refractivity contribution >= 4 is 11.9 Å². The molecular weight excluding hydrogens is 222 g/mol. The number of hydrogen-bond donors (Lipinski definition) is 1. The molecule has 0 spiro atoms. The average molecular weight is 239 g/mol. The van der Waals surface area contributed by atoms with E-state index in [0.29, 0.717) is 5.76 Å². The normalized spacial score (nSPS) is 11.1. The van der Waals surface area contributed by atoms with Crippen molar-refractivity contribution in [2.75, 3.05) is 7.11 Å². The molecule has 0 saturated heterocycles. The van der Waals surface area contributed by atoms with E-state index in [2.05, 4.69) is 10.1 Å². The summed E-state index contributed by atoms with van der Waals surface area (Å²) in [6.45, 7) is 5.11. The molecule has 1 rings (SSSR count). The highest BCUT2D eigenvalue weighted by Crippen LogP contribution is 2.17. The molecule has 0 aromatic carbocycles. The highest BCUT2D eigenvalue weighted by Gasteiger charge is 2.37. The predicted octanol–water partition coefficient (Wildman–Crippen LogP) is 1.40. The lowest BCUT2D eigenvalue weighted by Crippen LogP contribution is -2.42. The molecule has 0 aliphatic carbocycles. The molecule has 1 aromatic heterocycles. The fraction of sp³-hybridized carbons (Fsp3) is 0.500. The van der Waals surface area contributed by atoms with E-state index in [9.17, 15) is 9.59 Å². The summed E-state index contributed by atoms with van der Waals surface area (Å²) in [4.78, 5) is 23.2. The van der Waals surface area contributed by atoms with Crippen LogP contribution in [0, 0.1) is 12.3 Å². The van der Waals surface area contributed by atoms with Crippen LogP contribution in [-0.4, -0.2) is 19.0 Å². The van der Waals surface area contributed by atoms with Crippen LogP contribution in [0.25, 0.3) is 0 Å². The van der Waals surface area contributed by atoms with Gasteiger partial charge in [0.2, 0.25) is 5.91 Å². The van der Waals surface area contributed by atoms with Crippen LogP contribution in [0.15, 0.2) is 16.5 Å². The molecule has 1 heterocycles. The number of ether oxygens (including phenoxy) is 1. The summed E-state index contributed by atoms with van der Waals surface area (Å²) >= 11 is 0. The molecule has 0 fully saturated rings. The molecule has 0 aliphatic rings. The minimum absolute atomic E-state index is 0.257. The highest BCUT2D eigenvalue weighted by atomic mass is 16.5. The van der Waals surface area contributed by atoms with Crippen molar-refractivity contribution in [2.24, 2.45) is 5.41 Å². The van der Waals surface area contributed by atoms with Crippen LogP contribution in [0.4, 0.5) is 0 Å². The molecule has 0 radical (unpaired) electrons. The first-order chi connectivity index (χ1) is 7.87. The van der Waals surface area contributed by atoms with Gasteiger partial charge < -0.3 is 14.5 Å². The second kappa shape index (κ2) is 5.03. The molecule has 0 atom stereocenters. The summed E-state index contributed by atoms with van der Waals surface area (Å²) in [6, 6.07) is 3.59. The van der Waals surface area contributed by atoms with Crippen LogP contribution < -0.4 is 5.32 Å². The van der Waals surface area contributed by atoms with Gasteiger partial charge in [-0.15, -0.1) is 0 Å². The van der Waals surface area contributed by atoms with Crippen molar-refractivity contribution in [2.45, 2.75) is 27.3 Å². The maximum Gasteiger partial charge on any atom is 0.320 e. The van der Waals surface area contributed by atoms with Crippen molar-refractivity contribution in [1.82, 2.24) is 5.32 Å². The third-order valence-electron chi connectivity index (χ3n) is 2.48. The molecular formula is C12H17NO4. The lowest BCUT2D eigenvalue weighted by molar-refractivity contribution is -0.156. The number of nitrogens with one attached hydrogen (secondary N) is 1. The van der Waals surface area contributed by atoms with E-state index < -0.39 is 17.3 Å². The lowest BCUT2D eigenvalue weighted by atomic mass is 9.92. The van der Waals surface area contributed by atoms with Gasteiger partial charge in [-0.25, -0.2) is 0 Å². The molecule has 0 bridgehead atoms. The zero-order valence-electron chi connectivity index (χ0n) is 10.5. The lowest BCUT2D eigenvalue weighted by Gasteiger charge is -2.20. The third kappa shape index (κ3) is 3.09. The summed E-state index contributed by atoms with van der Waals surface area (Å²) in [5, 5.41) is 2.63. The van der Waals surface area contributed by atoms with Gasteiger partial charge in [0.15, 0.2) is 0 Å². The van der Waals surface area contributed by atoms with E-state index in [0.717, 1.165) is 5.76 Å². The number of furan rings is 1. The number of aryl methyl sites for hydroxylation is 1. The Bertz CT molecular complexity index is 420. The van der Waals surface area contributed by atoms with Crippen LogP contribution in [0.1, 0.15) is 25.4 Å². The largest absolute Gasteiger partial charge is 0.468 e. The first-order valence-electron chi connectivity index (χ1n) is 5.30. The van der Waals surface area contributed by atoms with E-state index in [1.807, 2.05) is 13.0 Å². The standard InChI is InChI=1S/C12H17NO4/c1-8-5-6-9(17-8)7-13-10(14)12(2,3)11(15)16-4/h5-6H,7H2,1-4H3,(H,13,14). The molecule has 0 saturated carbocycles. The average Bonchev–Trinajstić information content (AvgIpc) is 2.70. The first kappa shape index (κ1) is 13.3. The molecule has 1 amide bonds. The van der Waals surface area contributed by atoms with Crippen molar-refractivity contribution in [3.63, 3.8) is 0 Å². The van der Waals surface area contributed by atoms with Crippen LogP contribution in [0.3, 0.4) is 0 Å². The zero-order chi connectivity index (χ0) is 13.1. The second-order valence-electron chi connectivity index (χ2n) is 4.31. The summed E-state index contributed by atoms with van der Waals surface area (Å²) < 4.78 is 9.87. The number of carbonyl (C=O) groups excluding carboxylic acids is 2. The molecule has 17 heavy (non-hydrogen) atoms. The Labute approximate surface area is 100 Å². The Kier molecular flexibility index (Phi) is 3.93. The van der Waals surface area contributed by atoms with Crippen molar-refractivity contribution < 1.29 is 18.7 Å². The number of esters is 1. The van der Waals surface area contributed by atoms with E-state index in [1.165, 1.54) is 21.0 Å². The molecule has 5 nitrogen and oxygen atoms in total. The van der Waals surface area contributed by atoms with Gasteiger partial charge in [-0.2, -0.15) is 0 Å². The number of hydrogen-bond acceptors (Lipinski definition) is 4. The fourth-order valence-corrected chi connectivity index (χ4v) is 1.32. The molecule has 94 valence electrons. The summed E-state index contributed by atoms with van der Waals surface area (Å²) in [6.07, 6.45) is 0. The quantitative estimate of drug-likeness (QED) is 0.637. The van der Waals surface area contributed by atoms with Crippen molar-refractivity contribution in [1.29, 1.82) is 0 Å². The predicted molar refractivity (Wildman–Crippen MR) is 61.1 cm³/mol. The Morgan fingerprint density at radius 2 is 2.06 bits per heavy atom. The Balaban J connectivity index is 2.58. The van der Waals surface area contributed by atoms with Gasteiger partial charge in [0.25, 0.3) is 0 Å². The second-order valence-corrected chi connectivity index (χ2v) is 4.31. The van der Waals surface area contributed by atoms with E-state index in [1.54, 1.807) is 6.07 Å². The smallest absolute Gasteiger partial charge is 0.320 e. The van der Waals surface area contributed by atoms with Gasteiger partial charge in [-0.3, -0.25) is 9.59 Å². The van der Waals surface area contributed by atoms with Crippen LogP contribution in [0.5, 0.6) is 0 Å². The fourth-order valence-electron chi connectivity index (χ4n) is 1.32. The highest BCUT2D eigenvalue weighted by molar-refractivity contribution is 6.01. The van der Waals surface area contributed by atoms with Gasteiger partial charge in [-0.05, 0) is 32.9 Å². The monoisotopic (exact) mass is 239 g/mol. The van der Waals surface area contributed by atoms with Crippen LogP contribution in [0.2, 0.25) is 0 Å². The molecule has 5 heteroatoms. The van der Waals surface area contributed by atoms with Gasteiger partial charge in [0, 0.05) is 0 Å². The maximum atomic E-state index is 11.8. The Hall–Kier alpha value is -1.78. The molecule has 0 aliphatic heterocycles. The van der Waals surface area contributed by atoms with Gasteiger partial charge in [-0.1, -0.05) is 0 Å². The maximum absolute atomic E-state index is 11.8. The summed E-state index contributed by atoms with van der Waals surface area (Å²) in [7, 11) is 1.26. The molecule has 1 N–H and O–H groups in total. The van der Waals surface area contributed by atoms with E-state index >= 15 is 0 Å². The Morgan fingerprint density at radius 1 is 1.41 bits per heavy atom. The number of carbonyl (C=O) groups is 2. The van der Waals surface area contributed by atoms with Gasteiger partial charge >= 0.3 is 5.97 Å². The minimum atomic E-state index is -1.20. The molecule has 1 aromatic rings. The van der Waals surface area contributed by atoms with Crippen molar-refractivity contribution in [3.05, 3.63) is 23.7 Å². The topological polar surface area (TPSA) is 68.5 Å². The molecule has 0 unspecified atom stereocenters. The van der Waals surface area contributed by atoms with E-state index in [-0.39, 0.29) is 6.54 Å². The number of amides is 1. The SMILES string of the molecule is COC(=O)C(C)(C)C(=O)NCc1ccc(C)o1. The number of methoxy groups -OCH3 is 1. The zero-order valence-corrected chi connectivity index (χ0v) is 10.5. The van der Waals surface area contributed by atoms with Crippen molar-refractivity contribution in [3.8, 4) is 0 Å². The van der Waals surface area contributed by atoms with Crippen LogP contribution >= 0.6 is 0 Å². The van der Waals surface area contributed by atoms with Crippen LogP contribution in [-0.2, 0) is 20.9 Å². The van der Waals surface area contributed by atoms with E-state index in [4.69, 9.17) is 4.42 Å². The summed E-state index contributed by atoms with van der Waals surface area (Å²) in [5.41, 5.74) is -1.20. The first-order valence-corrected chi connectivity index (χ1v) is 5.30. The third-order valence-corrected chi connectivity index (χ3v) is 2.48. The van der Waals surface area contributed by atoms with Gasteiger partial charge in [0.1, 0.15) is 16.9 Å². The Morgan fingerprint density at radius 3 is 2.53 bits per heavy atom. The van der Waals surface area contributed by atoms with Gasteiger partial charge in [0.05, 0.1) is 13.7 Å². The minimum Gasteiger partial charge on any atom is -0.468 e. The number of rotatable bonds is 4.